The molecule has 0 saturated carbocycles. The third-order valence-electron chi connectivity index (χ3n) is 4.67. The topological polar surface area (TPSA) is 85.2 Å². The lowest BCUT2D eigenvalue weighted by Gasteiger charge is -2.14. The zero-order chi connectivity index (χ0) is 21.7. The standard InChI is InChI=1S/C22H23FN4O3/c1-14(30-3)21(28)26-19-11-17(10-18(23)12-19)22(29)25-13-16-6-4-5-7-20(16)27-9-8-24-15(27)2/h4-12,14H,13H2,1-3H3,(H,25,29)(H,26,28). The summed E-state index contributed by atoms with van der Waals surface area (Å²) >= 11 is 0. The van der Waals surface area contributed by atoms with Gasteiger partial charge in [0.2, 0.25) is 0 Å². The summed E-state index contributed by atoms with van der Waals surface area (Å²) < 4.78 is 20.9. The van der Waals surface area contributed by atoms with Crippen LogP contribution in [-0.2, 0) is 16.1 Å². The van der Waals surface area contributed by atoms with Gasteiger partial charge in [-0.25, -0.2) is 9.37 Å². The third kappa shape index (κ3) is 4.90. The van der Waals surface area contributed by atoms with Crippen molar-refractivity contribution in [1.29, 1.82) is 0 Å². The lowest BCUT2D eigenvalue weighted by atomic mass is 10.1. The van der Waals surface area contributed by atoms with Crippen molar-refractivity contribution < 1.29 is 18.7 Å². The van der Waals surface area contributed by atoms with Crippen molar-refractivity contribution in [2.24, 2.45) is 0 Å². The molecule has 1 atom stereocenters. The van der Waals surface area contributed by atoms with Gasteiger partial charge in [-0.3, -0.25) is 9.59 Å². The van der Waals surface area contributed by atoms with Crippen molar-refractivity contribution in [2.45, 2.75) is 26.5 Å². The number of imidazole rings is 1. The van der Waals surface area contributed by atoms with E-state index in [-0.39, 0.29) is 17.8 Å². The van der Waals surface area contributed by atoms with Gasteiger partial charge in [0.1, 0.15) is 17.7 Å². The van der Waals surface area contributed by atoms with E-state index in [0.717, 1.165) is 29.2 Å². The quantitative estimate of drug-likeness (QED) is 0.626. The molecule has 3 rings (SSSR count). The molecule has 0 bridgehead atoms. The van der Waals surface area contributed by atoms with E-state index in [4.69, 9.17) is 4.74 Å². The average Bonchev–Trinajstić information content (AvgIpc) is 3.16. The molecule has 7 nitrogen and oxygen atoms in total. The Kier molecular flexibility index (Phi) is 6.58. The van der Waals surface area contributed by atoms with Crippen LogP contribution < -0.4 is 10.6 Å². The van der Waals surface area contributed by atoms with Crippen molar-refractivity contribution >= 4 is 17.5 Å². The first-order valence-electron chi connectivity index (χ1n) is 9.39. The highest BCUT2D eigenvalue weighted by atomic mass is 19.1. The summed E-state index contributed by atoms with van der Waals surface area (Å²) in [6.45, 7) is 3.70. The van der Waals surface area contributed by atoms with E-state index in [1.807, 2.05) is 42.0 Å². The first-order chi connectivity index (χ1) is 14.4. The van der Waals surface area contributed by atoms with E-state index >= 15 is 0 Å². The molecule has 1 heterocycles. The number of aromatic nitrogens is 2. The molecule has 3 aromatic rings. The molecule has 30 heavy (non-hydrogen) atoms. The highest BCUT2D eigenvalue weighted by Gasteiger charge is 2.15. The molecule has 0 spiro atoms. The minimum absolute atomic E-state index is 0.103. The number of aryl methyl sites for hydroxylation is 1. The van der Waals surface area contributed by atoms with Crippen LogP contribution in [0.5, 0.6) is 0 Å². The van der Waals surface area contributed by atoms with Gasteiger partial charge in [0.25, 0.3) is 11.8 Å². The Morgan fingerprint density at radius 2 is 2.00 bits per heavy atom. The molecule has 0 aliphatic heterocycles. The fraction of sp³-hybridized carbons (Fsp3) is 0.227. The molecular weight excluding hydrogens is 387 g/mol. The first kappa shape index (κ1) is 21.2. The van der Waals surface area contributed by atoms with Crippen LogP contribution in [0.1, 0.15) is 28.7 Å². The number of para-hydroxylation sites is 1. The molecule has 1 unspecified atom stereocenters. The van der Waals surface area contributed by atoms with Crippen LogP contribution in [0, 0.1) is 12.7 Å². The molecule has 0 radical (unpaired) electrons. The van der Waals surface area contributed by atoms with Gasteiger partial charge in [-0.15, -0.1) is 0 Å². The number of benzene rings is 2. The van der Waals surface area contributed by atoms with Gasteiger partial charge in [0.05, 0.1) is 5.69 Å². The number of anilines is 1. The summed E-state index contributed by atoms with van der Waals surface area (Å²) in [4.78, 5) is 28.8. The van der Waals surface area contributed by atoms with Gasteiger partial charge in [0, 0.05) is 37.3 Å². The second-order valence-corrected chi connectivity index (χ2v) is 6.75. The van der Waals surface area contributed by atoms with Crippen molar-refractivity contribution in [1.82, 2.24) is 14.9 Å². The highest BCUT2D eigenvalue weighted by molar-refractivity contribution is 5.98. The summed E-state index contributed by atoms with van der Waals surface area (Å²) in [6, 6.07) is 11.3. The number of ether oxygens (including phenoxy) is 1. The van der Waals surface area contributed by atoms with Crippen LogP contribution in [0.25, 0.3) is 5.69 Å². The predicted octanol–water partition coefficient (Wildman–Crippen LogP) is 3.22. The fourth-order valence-electron chi connectivity index (χ4n) is 2.95. The van der Waals surface area contributed by atoms with Crippen molar-refractivity contribution in [3.05, 3.63) is 77.6 Å². The number of hydrogen-bond donors (Lipinski definition) is 2. The minimum atomic E-state index is -0.700. The SMILES string of the molecule is COC(C)C(=O)Nc1cc(F)cc(C(=O)NCc2ccccc2-n2ccnc2C)c1. The fourth-order valence-corrected chi connectivity index (χ4v) is 2.95. The Balaban J connectivity index is 1.75. The molecule has 2 amide bonds. The number of amides is 2. The Bertz CT molecular complexity index is 1060. The maximum absolute atomic E-state index is 14.0. The minimum Gasteiger partial charge on any atom is -0.372 e. The van der Waals surface area contributed by atoms with E-state index in [1.54, 1.807) is 13.1 Å². The van der Waals surface area contributed by atoms with E-state index < -0.39 is 23.7 Å². The number of nitrogens with zero attached hydrogens (tertiary/aromatic N) is 2. The largest absolute Gasteiger partial charge is 0.372 e. The van der Waals surface area contributed by atoms with Gasteiger partial charge in [-0.05, 0) is 43.7 Å². The molecule has 156 valence electrons. The van der Waals surface area contributed by atoms with Gasteiger partial charge in [-0.2, -0.15) is 0 Å². The molecule has 2 N–H and O–H groups in total. The van der Waals surface area contributed by atoms with E-state index in [0.29, 0.717) is 0 Å². The van der Waals surface area contributed by atoms with E-state index in [2.05, 4.69) is 15.6 Å². The Labute approximate surface area is 173 Å². The lowest BCUT2D eigenvalue weighted by molar-refractivity contribution is -0.124. The summed E-state index contributed by atoms with van der Waals surface area (Å²) in [7, 11) is 1.40. The summed E-state index contributed by atoms with van der Waals surface area (Å²) in [5, 5.41) is 5.34. The smallest absolute Gasteiger partial charge is 0.253 e. The Morgan fingerprint density at radius 1 is 1.23 bits per heavy atom. The van der Waals surface area contributed by atoms with E-state index in [9.17, 15) is 14.0 Å². The second kappa shape index (κ2) is 9.32. The van der Waals surface area contributed by atoms with E-state index in [1.165, 1.54) is 13.2 Å². The molecule has 0 aliphatic carbocycles. The molecule has 2 aromatic carbocycles. The summed E-state index contributed by atoms with van der Waals surface area (Å²) in [5.74, 6) is -0.692. The Hall–Kier alpha value is -3.52. The van der Waals surface area contributed by atoms with Crippen LogP contribution in [-0.4, -0.2) is 34.6 Å². The van der Waals surface area contributed by atoms with Crippen LogP contribution in [0.3, 0.4) is 0 Å². The first-order valence-corrected chi connectivity index (χ1v) is 9.39. The maximum Gasteiger partial charge on any atom is 0.253 e. The number of carbonyl (C=O) groups excluding carboxylic acids is 2. The molecule has 0 aliphatic rings. The van der Waals surface area contributed by atoms with Crippen LogP contribution in [0.4, 0.5) is 10.1 Å². The number of rotatable bonds is 7. The number of halogens is 1. The van der Waals surface area contributed by atoms with Crippen LogP contribution in [0.2, 0.25) is 0 Å². The number of nitrogens with one attached hydrogen (secondary N) is 2. The normalized spacial score (nSPS) is 11.7. The molecule has 0 saturated heterocycles. The Morgan fingerprint density at radius 3 is 2.70 bits per heavy atom. The monoisotopic (exact) mass is 410 g/mol. The lowest BCUT2D eigenvalue weighted by Crippen LogP contribution is -2.27. The van der Waals surface area contributed by atoms with Gasteiger partial charge >= 0.3 is 0 Å². The molecular formula is C22H23FN4O3. The summed E-state index contributed by atoms with van der Waals surface area (Å²) in [6.07, 6.45) is 2.85. The van der Waals surface area contributed by atoms with Crippen molar-refractivity contribution in [3.8, 4) is 5.69 Å². The van der Waals surface area contributed by atoms with Crippen molar-refractivity contribution in [3.63, 3.8) is 0 Å². The predicted molar refractivity (Wildman–Crippen MR) is 111 cm³/mol. The summed E-state index contributed by atoms with van der Waals surface area (Å²) in [5.41, 5.74) is 2.06. The zero-order valence-electron chi connectivity index (χ0n) is 17.0. The highest BCUT2D eigenvalue weighted by Crippen LogP contribution is 2.18. The maximum atomic E-state index is 14.0. The third-order valence-corrected chi connectivity index (χ3v) is 4.67. The van der Waals surface area contributed by atoms with Gasteiger partial charge in [-0.1, -0.05) is 18.2 Å². The molecule has 8 heteroatoms. The average molecular weight is 410 g/mol. The molecule has 1 aromatic heterocycles. The van der Waals surface area contributed by atoms with Crippen LogP contribution >= 0.6 is 0 Å². The van der Waals surface area contributed by atoms with Crippen molar-refractivity contribution in [2.75, 3.05) is 12.4 Å². The molecule has 0 fully saturated rings. The number of hydrogen-bond acceptors (Lipinski definition) is 4. The number of carbonyl (C=O) groups is 2. The zero-order valence-corrected chi connectivity index (χ0v) is 17.0. The van der Waals surface area contributed by atoms with Crippen LogP contribution in [0.15, 0.2) is 54.9 Å². The number of methoxy groups -OCH3 is 1. The second-order valence-electron chi connectivity index (χ2n) is 6.75. The van der Waals surface area contributed by atoms with Gasteiger partial charge < -0.3 is 19.9 Å². The van der Waals surface area contributed by atoms with Gasteiger partial charge in [0.15, 0.2) is 0 Å².